The number of para-hydroxylation sites is 3. The molecule has 33 heteroatoms. The van der Waals surface area contributed by atoms with Crippen LogP contribution >= 0.6 is 0 Å². The number of carbonyl (C=O) groups excluding carboxylic acids is 1. The van der Waals surface area contributed by atoms with Crippen LogP contribution in [0, 0.1) is 17.8 Å². The number of halogens is 18. The van der Waals surface area contributed by atoms with Gasteiger partial charge in [-0.2, -0.15) is 39.5 Å². The first kappa shape index (κ1) is 95.2. The number of aliphatic hydroxyl groups excluding tert-OH is 3. The molecule has 3 aliphatic heterocycles. The van der Waals surface area contributed by atoms with Gasteiger partial charge in [0.2, 0.25) is 0 Å². The summed E-state index contributed by atoms with van der Waals surface area (Å²) in [4.78, 5) is 19.6. The molecule has 113 heavy (non-hydrogen) atoms. The molecule has 0 bridgehead atoms. The SMILES string of the molecule is C.CO.O=C(CN1CCC[C@H](COc2ccc(C(F)(F)F)cc2)C1)C1(c2ccccc2OC(F)(F)F)CCC1.O[C@@H](CN1CCC[C@H](COc2ccc(C(F)(F)F)cc2)C1)C1(c2ccccc2OC(F)(F)F)CCC1.O[C@H](CN1CCC[C@H](COc2ccc(C(F)(F)F)cc2)C1)C1(c2ccccc2OC(F)(F)F)CCC1.[B].[H-].[Na+]. The number of ether oxygens (including phenoxy) is 6. The predicted molar refractivity (Wildman–Crippen MR) is 383 cm³/mol. The number of alkyl halides is 18. The van der Waals surface area contributed by atoms with Gasteiger partial charge in [0, 0.05) is 93.5 Å². The second-order valence-corrected chi connectivity index (χ2v) is 28.8. The van der Waals surface area contributed by atoms with Crippen molar-refractivity contribution in [3.63, 3.8) is 0 Å². The molecule has 6 aromatic carbocycles. The fourth-order valence-corrected chi connectivity index (χ4v) is 15.6. The number of aliphatic hydroxyl groups is 3. The summed E-state index contributed by atoms with van der Waals surface area (Å²) in [6.07, 6.45) is -18.8. The fourth-order valence-electron chi connectivity index (χ4n) is 15.6. The number of hydrogen-bond donors (Lipinski definition) is 3. The summed E-state index contributed by atoms with van der Waals surface area (Å²) in [5.74, 6) is 0.353. The molecule has 619 valence electrons. The summed E-state index contributed by atoms with van der Waals surface area (Å²) in [5, 5.41) is 29.5. The van der Waals surface area contributed by atoms with Crippen molar-refractivity contribution in [3.8, 4) is 34.5 Å². The Morgan fingerprint density at radius 2 is 0.690 bits per heavy atom. The number of rotatable bonds is 24. The van der Waals surface area contributed by atoms with Gasteiger partial charge in [-0.05, 0) is 188 Å². The molecule has 0 aromatic heterocycles. The van der Waals surface area contributed by atoms with Crippen molar-refractivity contribution in [2.75, 3.05) is 85.8 Å². The molecule has 6 aliphatic rings. The van der Waals surface area contributed by atoms with Gasteiger partial charge in [-0.25, -0.2) is 0 Å². The molecule has 3 heterocycles. The third kappa shape index (κ3) is 26.4. The number of carbonyl (C=O) groups is 1. The number of nitrogens with zero attached hydrogens (tertiary/aromatic N) is 3. The molecule has 3 saturated heterocycles. The van der Waals surface area contributed by atoms with Crippen LogP contribution in [0.3, 0.4) is 0 Å². The second kappa shape index (κ2) is 41.0. The third-order valence-corrected chi connectivity index (χ3v) is 21.5. The molecule has 5 atom stereocenters. The van der Waals surface area contributed by atoms with E-state index >= 15 is 0 Å². The van der Waals surface area contributed by atoms with Gasteiger partial charge in [0.05, 0.1) is 60.7 Å². The van der Waals surface area contributed by atoms with E-state index in [2.05, 4.69) is 24.0 Å². The monoisotopic (exact) mass is 1630 g/mol. The maximum atomic E-state index is 13.4. The Hall–Kier alpha value is -6.65. The van der Waals surface area contributed by atoms with Crippen molar-refractivity contribution in [2.45, 2.75) is 170 Å². The standard InChI is InChI=1S/2C26H29F6NO3.C26H27F6NO3.CH4O.CH4.B.Na.H/c3*27-25(28,29)19-8-10-20(11-9-19)35-17-18-5-3-14-33(15-18)16-23(34)24(12-4-13-24)21-6-1-2-7-22(21)36-26(30,31)32;1-2;;;;/h2*1-2,6-11,18,23,34H,3-5,12-17H2;1-2,6-11,18H,3-5,12-17H2;2H,1H3;1H4;;;/q;;;;;;+1;-1/t18-,23+;18-,23-;18-;;;;;/m000...../s1. The van der Waals surface area contributed by atoms with Crippen LogP contribution in [-0.4, -0.2) is 161 Å². The van der Waals surface area contributed by atoms with E-state index in [1.54, 1.807) is 30.3 Å². The smallest absolute Gasteiger partial charge is 1.00 e. The van der Waals surface area contributed by atoms with E-state index in [0.717, 1.165) is 114 Å². The average molecular weight is 1630 g/mol. The molecular weight excluding hydrogens is 1540 g/mol. The van der Waals surface area contributed by atoms with Crippen molar-refractivity contribution in [2.24, 2.45) is 17.8 Å². The summed E-state index contributed by atoms with van der Waals surface area (Å²) < 4.78 is 261. The van der Waals surface area contributed by atoms with E-state index in [-0.39, 0.29) is 99.7 Å². The third-order valence-electron chi connectivity index (χ3n) is 21.5. The largest absolute Gasteiger partial charge is 1.00 e. The van der Waals surface area contributed by atoms with Gasteiger partial charge in [-0.1, -0.05) is 81.3 Å². The summed E-state index contributed by atoms with van der Waals surface area (Å²) in [6, 6.07) is 31.5. The van der Waals surface area contributed by atoms with Crippen molar-refractivity contribution in [1.29, 1.82) is 0 Å². The minimum absolute atomic E-state index is 0. The molecule has 0 unspecified atom stereocenters. The van der Waals surface area contributed by atoms with Crippen LogP contribution in [0.15, 0.2) is 146 Å². The zero-order valence-electron chi connectivity index (χ0n) is 62.8. The quantitative estimate of drug-likeness (QED) is 0.0391. The Morgan fingerprint density at radius 1 is 0.416 bits per heavy atom. The number of likely N-dealkylation sites (tertiary alicyclic amines) is 3. The van der Waals surface area contributed by atoms with E-state index in [0.29, 0.717) is 126 Å². The normalized spacial score (nSPS) is 20.2. The Balaban J connectivity index is 0.000000297. The molecule has 3 N–H and O–H groups in total. The van der Waals surface area contributed by atoms with Gasteiger partial charge in [0.15, 0.2) is 5.78 Å². The molecule has 6 fully saturated rings. The average Bonchev–Trinajstić information content (AvgIpc) is 0.760. The van der Waals surface area contributed by atoms with E-state index in [1.165, 1.54) is 78.9 Å². The number of hydrogen-bond acceptors (Lipinski definition) is 13. The minimum atomic E-state index is -4.85. The zero-order valence-corrected chi connectivity index (χ0v) is 63.8. The van der Waals surface area contributed by atoms with E-state index < -0.39 is 82.8 Å². The van der Waals surface area contributed by atoms with Gasteiger partial charge in [-0.15, -0.1) is 39.5 Å². The Bertz CT molecular complexity index is 3710. The van der Waals surface area contributed by atoms with E-state index in [1.807, 2.05) is 4.90 Å². The van der Waals surface area contributed by atoms with Gasteiger partial charge < -0.3 is 55.0 Å². The summed E-state index contributed by atoms with van der Waals surface area (Å²) in [6.45, 7) is 5.62. The van der Waals surface area contributed by atoms with E-state index in [9.17, 15) is 94.0 Å². The first-order valence-corrected chi connectivity index (χ1v) is 36.4. The maximum Gasteiger partial charge on any atom is 1.00 e. The van der Waals surface area contributed by atoms with Crippen LogP contribution in [-0.2, 0) is 39.6 Å². The predicted octanol–water partition coefficient (Wildman–Crippen LogP) is 15.7. The molecule has 0 spiro atoms. The number of benzene rings is 6. The topological polar surface area (TPSA) is 143 Å². The summed E-state index contributed by atoms with van der Waals surface area (Å²) >= 11 is 0. The number of β-amino-alcohol motifs (C(OH)–C–C–N with tert-alkyl or cyclic N) is 2. The first-order valence-electron chi connectivity index (χ1n) is 36.4. The van der Waals surface area contributed by atoms with Crippen molar-refractivity contribution < 1.29 is 159 Å². The van der Waals surface area contributed by atoms with Crippen molar-refractivity contribution in [3.05, 3.63) is 179 Å². The van der Waals surface area contributed by atoms with Crippen molar-refractivity contribution in [1.82, 2.24) is 14.7 Å². The van der Waals surface area contributed by atoms with Crippen LogP contribution in [0.5, 0.6) is 34.5 Å². The Kier molecular flexibility index (Phi) is 34.5. The number of piperidine rings is 3. The molecule has 6 aromatic rings. The zero-order chi connectivity index (χ0) is 79.9. The Labute approximate surface area is 670 Å². The van der Waals surface area contributed by atoms with E-state index in [4.69, 9.17) is 19.3 Å². The van der Waals surface area contributed by atoms with Gasteiger partial charge in [-0.3, -0.25) is 9.69 Å². The van der Waals surface area contributed by atoms with Crippen molar-refractivity contribution >= 4 is 14.2 Å². The Morgan fingerprint density at radius 3 is 0.965 bits per heavy atom. The van der Waals surface area contributed by atoms with Gasteiger partial charge in [0.25, 0.3) is 0 Å². The molecule has 3 radical (unpaired) electrons. The molecule has 0 amide bonds. The maximum absolute atomic E-state index is 13.4. The van der Waals surface area contributed by atoms with Crippen LogP contribution in [0.4, 0.5) is 79.0 Å². The van der Waals surface area contributed by atoms with Gasteiger partial charge >= 0.3 is 67.2 Å². The fraction of sp³-hybridized carbons (Fsp3) is 0.537. The van der Waals surface area contributed by atoms with Crippen LogP contribution < -0.4 is 58.0 Å². The summed E-state index contributed by atoms with van der Waals surface area (Å²) in [5.41, 5.74) is -3.79. The van der Waals surface area contributed by atoms with Crippen LogP contribution in [0.2, 0.25) is 0 Å². The molecule has 12 rings (SSSR count). The number of Topliss-reactive ketones (excluding diaryl/α,β-unsaturated/α-hetero) is 1. The van der Waals surface area contributed by atoms with Gasteiger partial charge in [0.1, 0.15) is 34.5 Å². The van der Waals surface area contributed by atoms with Crippen LogP contribution in [0.1, 0.15) is 139 Å². The second-order valence-electron chi connectivity index (χ2n) is 28.8. The molecule has 13 nitrogen and oxygen atoms in total. The molecule has 3 aliphatic carbocycles. The molecular formula is C80H94BF18N3NaO10. The number of ketones is 1. The summed E-state index contributed by atoms with van der Waals surface area (Å²) in [7, 11) is 1.00. The molecule has 3 saturated carbocycles. The first-order chi connectivity index (χ1) is 51.9. The van der Waals surface area contributed by atoms with Crippen LogP contribution in [0.25, 0.3) is 0 Å². The minimum Gasteiger partial charge on any atom is -1.00 e.